The summed E-state index contributed by atoms with van der Waals surface area (Å²) in [5, 5.41) is 2.09. The predicted molar refractivity (Wildman–Crippen MR) is 53.6 cm³/mol. The number of unbranched alkanes of at least 4 members (excludes halogenated alkanes) is 2. The van der Waals surface area contributed by atoms with Crippen molar-refractivity contribution in [2.45, 2.75) is 40.0 Å². The molecule has 0 saturated heterocycles. The van der Waals surface area contributed by atoms with Crippen LogP contribution < -0.4 is 10.9 Å². The van der Waals surface area contributed by atoms with Crippen molar-refractivity contribution < 1.29 is 0 Å². The lowest BCUT2D eigenvalue weighted by atomic mass is 10.2. The third kappa shape index (κ3) is 6.58. The third-order valence-electron chi connectivity index (χ3n) is 1.68. The Balaban J connectivity index is 3.34. The first kappa shape index (κ1) is 11.9. The van der Waals surface area contributed by atoms with Gasteiger partial charge in [-0.3, -0.25) is 0 Å². The molecule has 3 heteroatoms. The van der Waals surface area contributed by atoms with Gasteiger partial charge in [0.25, 0.3) is 0 Å². The fraction of sp³-hybridized carbons (Fsp3) is 1.00. The van der Waals surface area contributed by atoms with Crippen LogP contribution in [0.1, 0.15) is 40.0 Å². The molecule has 0 rings (SSSR count). The summed E-state index contributed by atoms with van der Waals surface area (Å²) in [6, 6.07) is 0. The molecule has 0 radical (unpaired) electrons. The second-order valence-electron chi connectivity index (χ2n) is 2.88. The number of hydrazine groups is 2. The summed E-state index contributed by atoms with van der Waals surface area (Å²) in [6.45, 7) is 9.52. The van der Waals surface area contributed by atoms with Crippen LogP contribution in [0.15, 0.2) is 0 Å². The number of hydrogen-bond acceptors (Lipinski definition) is 3. The zero-order chi connectivity index (χ0) is 9.23. The Morgan fingerprint density at radius 3 is 1.92 bits per heavy atom. The number of rotatable bonds is 8. The van der Waals surface area contributed by atoms with Gasteiger partial charge in [-0.15, -0.1) is 0 Å². The number of nitrogens with one attached hydrogen (secondary N) is 2. The summed E-state index contributed by atoms with van der Waals surface area (Å²) >= 11 is 0. The van der Waals surface area contributed by atoms with E-state index in [2.05, 4.69) is 36.7 Å². The van der Waals surface area contributed by atoms with E-state index in [1.807, 2.05) is 0 Å². The van der Waals surface area contributed by atoms with Crippen molar-refractivity contribution in [3.8, 4) is 0 Å². The molecule has 0 aliphatic carbocycles. The minimum atomic E-state index is 0.985. The van der Waals surface area contributed by atoms with E-state index < -0.39 is 0 Å². The summed E-state index contributed by atoms with van der Waals surface area (Å²) in [6.07, 6.45) is 3.86. The Kier molecular flexibility index (Phi) is 8.88. The third-order valence-corrected chi connectivity index (χ3v) is 1.68. The lowest BCUT2D eigenvalue weighted by Crippen LogP contribution is -2.48. The quantitative estimate of drug-likeness (QED) is 0.430. The van der Waals surface area contributed by atoms with Crippen molar-refractivity contribution in [2.75, 3.05) is 19.6 Å². The van der Waals surface area contributed by atoms with Crippen LogP contribution in [0.4, 0.5) is 0 Å². The van der Waals surface area contributed by atoms with E-state index in [9.17, 15) is 0 Å². The monoisotopic (exact) mass is 173 g/mol. The van der Waals surface area contributed by atoms with Crippen molar-refractivity contribution in [2.24, 2.45) is 0 Å². The SMILES string of the molecule is CCCCCN(NCC)NCC. The maximum absolute atomic E-state index is 3.26. The van der Waals surface area contributed by atoms with Crippen LogP contribution in [0.5, 0.6) is 0 Å². The van der Waals surface area contributed by atoms with Crippen LogP contribution in [0.3, 0.4) is 0 Å². The Morgan fingerprint density at radius 1 is 0.917 bits per heavy atom. The predicted octanol–water partition coefficient (Wildman–Crippen LogP) is 1.53. The van der Waals surface area contributed by atoms with Crippen molar-refractivity contribution in [3.05, 3.63) is 0 Å². The molecule has 0 heterocycles. The van der Waals surface area contributed by atoms with Crippen LogP contribution in [0.25, 0.3) is 0 Å². The van der Waals surface area contributed by atoms with Gasteiger partial charge in [0.2, 0.25) is 0 Å². The minimum absolute atomic E-state index is 0.985. The molecule has 0 spiro atoms. The van der Waals surface area contributed by atoms with E-state index in [-0.39, 0.29) is 0 Å². The van der Waals surface area contributed by atoms with Crippen molar-refractivity contribution >= 4 is 0 Å². The van der Waals surface area contributed by atoms with Gasteiger partial charge in [-0.1, -0.05) is 33.6 Å². The Morgan fingerprint density at radius 2 is 1.50 bits per heavy atom. The molecule has 2 N–H and O–H groups in total. The van der Waals surface area contributed by atoms with Gasteiger partial charge in [-0.2, -0.15) is 5.12 Å². The molecule has 0 aromatic heterocycles. The molecule has 0 amide bonds. The summed E-state index contributed by atoms with van der Waals surface area (Å²) in [5.41, 5.74) is 6.53. The van der Waals surface area contributed by atoms with Crippen LogP contribution >= 0.6 is 0 Å². The van der Waals surface area contributed by atoms with E-state index in [4.69, 9.17) is 0 Å². The molecule has 0 unspecified atom stereocenters. The molecule has 0 aliphatic rings. The van der Waals surface area contributed by atoms with E-state index in [1.165, 1.54) is 19.3 Å². The second-order valence-corrected chi connectivity index (χ2v) is 2.88. The van der Waals surface area contributed by atoms with Gasteiger partial charge in [0.1, 0.15) is 0 Å². The molecule has 0 aromatic rings. The van der Waals surface area contributed by atoms with Gasteiger partial charge in [-0.25, -0.2) is 10.9 Å². The van der Waals surface area contributed by atoms with E-state index in [0.29, 0.717) is 0 Å². The number of nitrogens with zero attached hydrogens (tertiary/aromatic N) is 1. The molecule has 0 fully saturated rings. The highest BCUT2D eigenvalue weighted by Crippen LogP contribution is 1.93. The van der Waals surface area contributed by atoms with Crippen LogP contribution in [-0.2, 0) is 0 Å². The normalized spacial score (nSPS) is 11.0. The Bertz CT molecular complexity index is 79.8. The largest absolute Gasteiger partial charge is 0.242 e. The average Bonchev–Trinajstić information content (AvgIpc) is 2.06. The van der Waals surface area contributed by atoms with Crippen LogP contribution in [0, 0.1) is 0 Å². The lowest BCUT2D eigenvalue weighted by molar-refractivity contribution is 0.118. The van der Waals surface area contributed by atoms with Crippen molar-refractivity contribution in [3.63, 3.8) is 0 Å². The topological polar surface area (TPSA) is 27.3 Å². The van der Waals surface area contributed by atoms with Crippen LogP contribution in [0.2, 0.25) is 0 Å². The fourth-order valence-electron chi connectivity index (χ4n) is 1.12. The van der Waals surface area contributed by atoms with E-state index in [0.717, 1.165) is 19.6 Å². The molecule has 0 aliphatic heterocycles. The average molecular weight is 173 g/mol. The summed E-state index contributed by atoms with van der Waals surface area (Å²) in [7, 11) is 0. The molecule has 0 aromatic carbocycles. The molecule has 0 atom stereocenters. The summed E-state index contributed by atoms with van der Waals surface area (Å²) in [4.78, 5) is 0. The zero-order valence-corrected chi connectivity index (χ0v) is 8.69. The lowest BCUT2D eigenvalue weighted by Gasteiger charge is -2.22. The maximum atomic E-state index is 3.26. The smallest absolute Gasteiger partial charge is 0.0288 e. The van der Waals surface area contributed by atoms with Gasteiger partial charge < -0.3 is 0 Å². The second kappa shape index (κ2) is 8.97. The van der Waals surface area contributed by atoms with E-state index in [1.54, 1.807) is 0 Å². The summed E-state index contributed by atoms with van der Waals surface area (Å²) in [5.74, 6) is 0. The fourth-order valence-corrected chi connectivity index (χ4v) is 1.12. The first-order valence-corrected chi connectivity index (χ1v) is 5.09. The highest BCUT2D eigenvalue weighted by atomic mass is 15.7. The standard InChI is InChI=1S/C9H23N3/c1-4-7-8-9-12(10-5-2)11-6-3/h10-11H,4-9H2,1-3H3. The molecule has 0 saturated carbocycles. The molecular formula is C9H23N3. The zero-order valence-electron chi connectivity index (χ0n) is 8.69. The Hall–Kier alpha value is -0.120. The van der Waals surface area contributed by atoms with Gasteiger partial charge in [0, 0.05) is 19.6 Å². The van der Waals surface area contributed by atoms with Crippen molar-refractivity contribution in [1.29, 1.82) is 0 Å². The van der Waals surface area contributed by atoms with Crippen LogP contribution in [-0.4, -0.2) is 24.8 Å². The van der Waals surface area contributed by atoms with Gasteiger partial charge >= 0.3 is 0 Å². The maximum Gasteiger partial charge on any atom is 0.0288 e. The molecule has 12 heavy (non-hydrogen) atoms. The molecule has 3 nitrogen and oxygen atoms in total. The van der Waals surface area contributed by atoms with Gasteiger partial charge in [-0.05, 0) is 6.42 Å². The minimum Gasteiger partial charge on any atom is -0.242 e. The van der Waals surface area contributed by atoms with E-state index >= 15 is 0 Å². The Labute approximate surface area is 76.5 Å². The van der Waals surface area contributed by atoms with Gasteiger partial charge in [0.15, 0.2) is 0 Å². The first-order valence-electron chi connectivity index (χ1n) is 5.09. The highest BCUT2D eigenvalue weighted by molar-refractivity contribution is 4.46. The molecular weight excluding hydrogens is 150 g/mol. The first-order chi connectivity index (χ1) is 5.85. The highest BCUT2D eigenvalue weighted by Gasteiger charge is 1.98. The summed E-state index contributed by atoms with van der Waals surface area (Å²) < 4.78 is 0. The molecule has 74 valence electrons. The number of hydrogen-bond donors (Lipinski definition) is 2. The molecule has 0 bridgehead atoms. The van der Waals surface area contributed by atoms with Gasteiger partial charge in [0.05, 0.1) is 0 Å². The van der Waals surface area contributed by atoms with Crippen molar-refractivity contribution in [1.82, 2.24) is 16.0 Å².